The van der Waals surface area contributed by atoms with Crippen LogP contribution in [0.3, 0.4) is 0 Å². The lowest BCUT2D eigenvalue weighted by Crippen LogP contribution is -2.04. The molecule has 5 heteroatoms. The van der Waals surface area contributed by atoms with Crippen molar-refractivity contribution in [2.75, 3.05) is 6.54 Å². The number of nitro groups is 1. The molecule has 0 amide bonds. The van der Waals surface area contributed by atoms with Gasteiger partial charge in [0.25, 0.3) is 0 Å². The van der Waals surface area contributed by atoms with E-state index in [9.17, 15) is 14.5 Å². The molecule has 1 rings (SSSR count). The summed E-state index contributed by atoms with van der Waals surface area (Å²) < 4.78 is 12.6. The van der Waals surface area contributed by atoms with Crippen LogP contribution in [0, 0.1) is 15.9 Å². The van der Waals surface area contributed by atoms with Crippen molar-refractivity contribution in [2.24, 2.45) is 0 Å². The lowest BCUT2D eigenvalue weighted by Gasteiger charge is -2.00. The zero-order valence-electron chi connectivity index (χ0n) is 6.74. The normalized spacial score (nSPS) is 9.92. The van der Waals surface area contributed by atoms with Gasteiger partial charge in [-0.05, 0) is 18.2 Å². The molecule has 0 aliphatic heterocycles. The van der Waals surface area contributed by atoms with Gasteiger partial charge in [0.15, 0.2) is 0 Å². The van der Waals surface area contributed by atoms with Gasteiger partial charge in [-0.2, -0.15) is 0 Å². The SMILES string of the molecule is O=[N+]([O-])CCc1cc(F)ccc1O. The topological polar surface area (TPSA) is 63.4 Å². The second-order valence-electron chi connectivity index (χ2n) is 2.58. The summed E-state index contributed by atoms with van der Waals surface area (Å²) in [7, 11) is 0. The first-order valence-electron chi connectivity index (χ1n) is 3.69. The quantitative estimate of drug-likeness (QED) is 0.571. The van der Waals surface area contributed by atoms with Crippen molar-refractivity contribution >= 4 is 0 Å². The van der Waals surface area contributed by atoms with Crippen LogP contribution in [-0.2, 0) is 6.42 Å². The zero-order chi connectivity index (χ0) is 9.84. The molecule has 0 unspecified atom stereocenters. The largest absolute Gasteiger partial charge is 0.508 e. The Kier molecular flexibility index (Phi) is 2.79. The maximum absolute atomic E-state index is 12.6. The molecule has 0 aliphatic carbocycles. The summed E-state index contributed by atoms with van der Waals surface area (Å²) in [5.41, 5.74) is 0.261. The lowest BCUT2D eigenvalue weighted by atomic mass is 10.1. The van der Waals surface area contributed by atoms with E-state index in [1.54, 1.807) is 0 Å². The lowest BCUT2D eigenvalue weighted by molar-refractivity contribution is -0.479. The van der Waals surface area contributed by atoms with E-state index in [1.807, 2.05) is 0 Å². The summed E-state index contributed by atoms with van der Waals surface area (Å²) in [6, 6.07) is 3.38. The molecule has 0 aromatic heterocycles. The first-order valence-corrected chi connectivity index (χ1v) is 3.69. The number of halogens is 1. The average Bonchev–Trinajstić information content (AvgIpc) is 2.06. The first-order chi connectivity index (χ1) is 6.09. The van der Waals surface area contributed by atoms with Crippen LogP contribution in [0.1, 0.15) is 5.56 Å². The van der Waals surface area contributed by atoms with Crippen molar-refractivity contribution in [1.82, 2.24) is 0 Å². The molecule has 1 aromatic rings. The third-order valence-electron chi connectivity index (χ3n) is 1.61. The molecule has 0 radical (unpaired) electrons. The Morgan fingerprint density at radius 3 is 2.85 bits per heavy atom. The van der Waals surface area contributed by atoms with Crippen LogP contribution in [0.2, 0.25) is 0 Å². The first kappa shape index (κ1) is 9.44. The average molecular weight is 185 g/mol. The number of hydrogen-bond donors (Lipinski definition) is 1. The van der Waals surface area contributed by atoms with Gasteiger partial charge in [0.1, 0.15) is 11.6 Å². The van der Waals surface area contributed by atoms with Gasteiger partial charge in [0.05, 0.1) is 0 Å². The summed E-state index contributed by atoms with van der Waals surface area (Å²) in [5, 5.41) is 19.2. The number of hydrogen-bond acceptors (Lipinski definition) is 3. The van der Waals surface area contributed by atoms with Crippen LogP contribution in [0.25, 0.3) is 0 Å². The third-order valence-corrected chi connectivity index (χ3v) is 1.61. The van der Waals surface area contributed by atoms with E-state index >= 15 is 0 Å². The number of nitrogens with zero attached hydrogens (tertiary/aromatic N) is 1. The van der Waals surface area contributed by atoms with Crippen molar-refractivity contribution in [3.63, 3.8) is 0 Å². The van der Waals surface area contributed by atoms with Crippen LogP contribution in [0.15, 0.2) is 18.2 Å². The molecule has 0 saturated carbocycles. The molecule has 0 spiro atoms. The Balaban J connectivity index is 2.75. The van der Waals surface area contributed by atoms with Crippen LogP contribution in [0.5, 0.6) is 5.75 Å². The minimum Gasteiger partial charge on any atom is -0.508 e. The molecular formula is C8H8FNO3. The van der Waals surface area contributed by atoms with E-state index in [1.165, 1.54) is 6.07 Å². The fourth-order valence-corrected chi connectivity index (χ4v) is 0.966. The van der Waals surface area contributed by atoms with Gasteiger partial charge < -0.3 is 5.11 Å². The third kappa shape index (κ3) is 2.70. The molecule has 70 valence electrons. The number of aromatic hydroxyl groups is 1. The second-order valence-corrected chi connectivity index (χ2v) is 2.58. The second kappa shape index (κ2) is 3.84. The highest BCUT2D eigenvalue weighted by atomic mass is 19.1. The summed E-state index contributed by atoms with van der Waals surface area (Å²) >= 11 is 0. The Morgan fingerprint density at radius 1 is 1.54 bits per heavy atom. The maximum Gasteiger partial charge on any atom is 0.208 e. The van der Waals surface area contributed by atoms with Gasteiger partial charge in [-0.25, -0.2) is 4.39 Å². The molecule has 13 heavy (non-hydrogen) atoms. The van der Waals surface area contributed by atoms with Gasteiger partial charge in [0.2, 0.25) is 6.54 Å². The van der Waals surface area contributed by atoms with Crippen LogP contribution < -0.4 is 0 Å². The van der Waals surface area contributed by atoms with E-state index in [0.717, 1.165) is 12.1 Å². The Morgan fingerprint density at radius 2 is 2.23 bits per heavy atom. The smallest absolute Gasteiger partial charge is 0.208 e. The molecule has 0 aliphatic rings. The number of benzene rings is 1. The van der Waals surface area contributed by atoms with Gasteiger partial charge in [-0.3, -0.25) is 10.1 Å². The number of rotatable bonds is 3. The molecule has 1 N–H and O–H groups in total. The Hall–Kier alpha value is -1.65. The van der Waals surface area contributed by atoms with E-state index in [-0.39, 0.29) is 24.3 Å². The standard InChI is InChI=1S/C8H8FNO3/c9-7-1-2-8(11)6(5-7)3-4-10(12)13/h1-2,5,11H,3-4H2. The van der Waals surface area contributed by atoms with E-state index in [4.69, 9.17) is 5.11 Å². The van der Waals surface area contributed by atoms with Crippen LogP contribution in [-0.4, -0.2) is 16.6 Å². The summed E-state index contributed by atoms with van der Waals surface area (Å²) in [4.78, 5) is 9.49. The molecule has 0 bridgehead atoms. The minimum absolute atomic E-state index is 0.0383. The fourth-order valence-electron chi connectivity index (χ4n) is 0.966. The minimum atomic E-state index is -0.510. The number of phenolic OH excluding ortho intramolecular Hbond substituents is 1. The highest BCUT2D eigenvalue weighted by Gasteiger charge is 2.06. The van der Waals surface area contributed by atoms with Gasteiger partial charge >= 0.3 is 0 Å². The molecule has 4 nitrogen and oxygen atoms in total. The number of phenols is 1. The van der Waals surface area contributed by atoms with Crippen molar-refractivity contribution in [2.45, 2.75) is 6.42 Å². The summed E-state index contributed by atoms with van der Waals surface area (Å²) in [6.45, 7) is -0.309. The molecule has 1 aromatic carbocycles. The van der Waals surface area contributed by atoms with Gasteiger partial charge in [-0.15, -0.1) is 0 Å². The van der Waals surface area contributed by atoms with E-state index < -0.39 is 10.7 Å². The molecule has 0 atom stereocenters. The predicted molar refractivity (Wildman–Crippen MR) is 43.6 cm³/mol. The Bertz CT molecular complexity index is 327. The molecular weight excluding hydrogens is 177 g/mol. The highest BCUT2D eigenvalue weighted by Crippen LogP contribution is 2.17. The maximum atomic E-state index is 12.6. The van der Waals surface area contributed by atoms with Crippen molar-refractivity contribution in [3.05, 3.63) is 39.7 Å². The predicted octanol–water partition coefficient (Wildman–Crippen LogP) is 1.35. The van der Waals surface area contributed by atoms with Gasteiger partial charge in [0, 0.05) is 16.9 Å². The molecule has 0 heterocycles. The van der Waals surface area contributed by atoms with Crippen molar-refractivity contribution < 1.29 is 14.4 Å². The van der Waals surface area contributed by atoms with Crippen molar-refractivity contribution in [1.29, 1.82) is 0 Å². The zero-order valence-corrected chi connectivity index (χ0v) is 6.74. The van der Waals surface area contributed by atoms with Gasteiger partial charge in [-0.1, -0.05) is 0 Å². The van der Waals surface area contributed by atoms with Crippen LogP contribution >= 0.6 is 0 Å². The summed E-state index contributed by atoms with van der Waals surface area (Å²) in [5.74, 6) is -0.612. The molecule has 0 fully saturated rings. The van der Waals surface area contributed by atoms with E-state index in [2.05, 4.69) is 0 Å². The van der Waals surface area contributed by atoms with Crippen molar-refractivity contribution in [3.8, 4) is 5.75 Å². The Labute approximate surface area is 73.8 Å². The monoisotopic (exact) mass is 185 g/mol. The van der Waals surface area contributed by atoms with Crippen LogP contribution in [0.4, 0.5) is 4.39 Å². The fraction of sp³-hybridized carbons (Fsp3) is 0.250. The highest BCUT2D eigenvalue weighted by molar-refractivity contribution is 5.32. The molecule has 0 saturated heterocycles. The summed E-state index contributed by atoms with van der Waals surface area (Å²) in [6.07, 6.45) is 0.0383. The van der Waals surface area contributed by atoms with E-state index in [0.29, 0.717) is 0 Å².